The van der Waals surface area contributed by atoms with Gasteiger partial charge < -0.3 is 4.90 Å². The molecule has 0 saturated heterocycles. The van der Waals surface area contributed by atoms with E-state index < -0.39 is 0 Å². The largest absolute Gasteiger partial charge is 0.333 e. The van der Waals surface area contributed by atoms with Gasteiger partial charge in [0.15, 0.2) is 0 Å². The highest BCUT2D eigenvalue weighted by Gasteiger charge is 2.39. The molecule has 1 heterocycles. The van der Waals surface area contributed by atoms with E-state index in [0.29, 0.717) is 12.1 Å². The maximum Gasteiger partial charge on any atom is 0.257 e. The van der Waals surface area contributed by atoms with Crippen molar-refractivity contribution in [2.24, 2.45) is 0 Å². The molecule has 0 atom stereocenters. The molecule has 0 spiro atoms. The fourth-order valence-corrected chi connectivity index (χ4v) is 3.75. The van der Waals surface area contributed by atoms with E-state index in [-0.39, 0.29) is 5.91 Å². The van der Waals surface area contributed by atoms with Crippen molar-refractivity contribution in [3.63, 3.8) is 0 Å². The van der Waals surface area contributed by atoms with Gasteiger partial charge in [0.1, 0.15) is 0 Å². The molecule has 2 aromatic rings. The fraction of sp³-hybridized carbons (Fsp3) is 0.474. The zero-order valence-corrected chi connectivity index (χ0v) is 13.6. The van der Waals surface area contributed by atoms with Crippen LogP contribution in [0, 0.1) is 6.92 Å². The summed E-state index contributed by atoms with van der Waals surface area (Å²) in [5.41, 5.74) is 2.69. The van der Waals surface area contributed by atoms with Gasteiger partial charge in [0.05, 0.1) is 23.1 Å². The molecule has 4 rings (SSSR count). The number of rotatable bonds is 4. The summed E-state index contributed by atoms with van der Waals surface area (Å²) < 4.78 is 1.87. The summed E-state index contributed by atoms with van der Waals surface area (Å²) in [6.07, 6.45) is 8.90. The Morgan fingerprint density at radius 3 is 2.39 bits per heavy atom. The average molecular weight is 309 g/mol. The molecule has 4 heteroatoms. The molecule has 2 aliphatic rings. The molecule has 4 nitrogen and oxygen atoms in total. The van der Waals surface area contributed by atoms with Crippen molar-refractivity contribution >= 4 is 5.91 Å². The molecule has 0 unspecified atom stereocenters. The molecule has 120 valence electrons. The van der Waals surface area contributed by atoms with Crippen LogP contribution in [0.5, 0.6) is 0 Å². The SMILES string of the molecule is Cc1c(C(=O)N(C2CCCC2)C2CC2)cnn1-c1ccccc1. The minimum absolute atomic E-state index is 0.180. The first-order valence-corrected chi connectivity index (χ1v) is 8.68. The van der Waals surface area contributed by atoms with Gasteiger partial charge in [0, 0.05) is 12.1 Å². The van der Waals surface area contributed by atoms with Gasteiger partial charge in [-0.05, 0) is 44.7 Å². The van der Waals surface area contributed by atoms with E-state index in [9.17, 15) is 4.79 Å². The predicted molar refractivity (Wildman–Crippen MR) is 89.7 cm³/mol. The highest BCUT2D eigenvalue weighted by molar-refractivity contribution is 5.95. The van der Waals surface area contributed by atoms with Gasteiger partial charge in [-0.15, -0.1) is 0 Å². The first kappa shape index (κ1) is 14.5. The highest BCUT2D eigenvalue weighted by atomic mass is 16.2. The van der Waals surface area contributed by atoms with Crippen molar-refractivity contribution in [2.75, 3.05) is 0 Å². The van der Waals surface area contributed by atoms with Crippen LogP contribution in [0.4, 0.5) is 0 Å². The van der Waals surface area contributed by atoms with Crippen LogP contribution >= 0.6 is 0 Å². The van der Waals surface area contributed by atoms with E-state index >= 15 is 0 Å². The number of para-hydroxylation sites is 1. The third-order valence-electron chi connectivity index (χ3n) is 5.13. The Morgan fingerprint density at radius 2 is 1.74 bits per heavy atom. The number of hydrogen-bond acceptors (Lipinski definition) is 2. The van der Waals surface area contributed by atoms with Crippen molar-refractivity contribution in [1.29, 1.82) is 0 Å². The van der Waals surface area contributed by atoms with Crippen LogP contribution in [0.25, 0.3) is 5.69 Å². The summed E-state index contributed by atoms with van der Waals surface area (Å²) >= 11 is 0. The standard InChI is InChI=1S/C19H23N3O/c1-14-18(13-20-22(14)17-9-3-2-4-10-17)19(23)21(16-11-12-16)15-7-5-6-8-15/h2-4,9-10,13,15-16H,5-8,11-12H2,1H3. The zero-order valence-electron chi connectivity index (χ0n) is 13.6. The first-order chi connectivity index (χ1) is 11.3. The van der Waals surface area contributed by atoms with E-state index in [4.69, 9.17) is 0 Å². The Morgan fingerprint density at radius 1 is 1.09 bits per heavy atom. The quantitative estimate of drug-likeness (QED) is 0.863. The Hall–Kier alpha value is -2.10. The molecule has 2 fully saturated rings. The number of carbonyl (C=O) groups excluding carboxylic acids is 1. The topological polar surface area (TPSA) is 38.1 Å². The lowest BCUT2D eigenvalue weighted by atomic mass is 10.1. The van der Waals surface area contributed by atoms with E-state index in [1.54, 1.807) is 6.20 Å². The van der Waals surface area contributed by atoms with Crippen LogP contribution in [-0.4, -0.2) is 32.7 Å². The van der Waals surface area contributed by atoms with Gasteiger partial charge in [0.2, 0.25) is 0 Å². The van der Waals surface area contributed by atoms with Crippen molar-refractivity contribution in [3.05, 3.63) is 47.8 Å². The highest BCUT2D eigenvalue weighted by Crippen LogP contribution is 2.36. The Bertz CT molecular complexity index is 697. The van der Waals surface area contributed by atoms with Crippen LogP contribution in [0.2, 0.25) is 0 Å². The Kier molecular flexibility index (Phi) is 3.68. The smallest absolute Gasteiger partial charge is 0.257 e. The summed E-state index contributed by atoms with van der Waals surface area (Å²) in [5, 5.41) is 4.46. The van der Waals surface area contributed by atoms with E-state index in [1.165, 1.54) is 12.8 Å². The van der Waals surface area contributed by atoms with Gasteiger partial charge in [-0.1, -0.05) is 31.0 Å². The molecule has 0 radical (unpaired) electrons. The minimum Gasteiger partial charge on any atom is -0.333 e. The average Bonchev–Trinajstić information content (AvgIpc) is 3.10. The molecule has 0 bridgehead atoms. The summed E-state index contributed by atoms with van der Waals surface area (Å²) in [6, 6.07) is 10.9. The Balaban J connectivity index is 1.64. The predicted octanol–water partition coefficient (Wildman–Crippen LogP) is 3.73. The molecule has 0 aliphatic heterocycles. The van der Waals surface area contributed by atoms with Crippen LogP contribution in [0.15, 0.2) is 36.5 Å². The first-order valence-electron chi connectivity index (χ1n) is 8.68. The summed E-state index contributed by atoms with van der Waals surface area (Å²) in [6.45, 7) is 1.99. The number of amides is 1. The van der Waals surface area contributed by atoms with Gasteiger partial charge in [0.25, 0.3) is 5.91 Å². The molecule has 1 aromatic heterocycles. The Labute approximate surface area is 137 Å². The number of hydrogen-bond donors (Lipinski definition) is 0. The van der Waals surface area contributed by atoms with Gasteiger partial charge in [-0.3, -0.25) is 4.79 Å². The molecule has 1 amide bonds. The molecular formula is C19H23N3O. The van der Waals surface area contributed by atoms with Crippen molar-refractivity contribution < 1.29 is 4.79 Å². The summed E-state index contributed by atoms with van der Waals surface area (Å²) in [4.78, 5) is 15.3. The second-order valence-electron chi connectivity index (χ2n) is 6.77. The lowest BCUT2D eigenvalue weighted by Gasteiger charge is -2.29. The lowest BCUT2D eigenvalue weighted by Crippen LogP contribution is -2.40. The third-order valence-corrected chi connectivity index (χ3v) is 5.13. The van der Waals surface area contributed by atoms with Crippen molar-refractivity contribution in [3.8, 4) is 5.69 Å². The molecule has 0 N–H and O–H groups in total. The second-order valence-corrected chi connectivity index (χ2v) is 6.77. The monoisotopic (exact) mass is 309 g/mol. The van der Waals surface area contributed by atoms with Crippen LogP contribution in [0.1, 0.15) is 54.6 Å². The zero-order chi connectivity index (χ0) is 15.8. The number of benzene rings is 1. The summed E-state index contributed by atoms with van der Waals surface area (Å²) in [7, 11) is 0. The number of nitrogens with zero attached hydrogens (tertiary/aromatic N) is 3. The maximum absolute atomic E-state index is 13.2. The molecule has 2 saturated carbocycles. The van der Waals surface area contributed by atoms with Crippen molar-refractivity contribution in [2.45, 2.75) is 57.5 Å². The van der Waals surface area contributed by atoms with Crippen LogP contribution in [-0.2, 0) is 0 Å². The molecule has 1 aromatic carbocycles. The third kappa shape index (κ3) is 2.67. The van der Waals surface area contributed by atoms with Gasteiger partial charge in [-0.2, -0.15) is 5.10 Å². The molecule has 23 heavy (non-hydrogen) atoms. The van der Waals surface area contributed by atoms with E-state index in [1.807, 2.05) is 41.9 Å². The molecular weight excluding hydrogens is 286 g/mol. The van der Waals surface area contributed by atoms with Crippen molar-refractivity contribution in [1.82, 2.24) is 14.7 Å². The van der Waals surface area contributed by atoms with E-state index in [2.05, 4.69) is 10.00 Å². The van der Waals surface area contributed by atoms with Gasteiger partial charge >= 0.3 is 0 Å². The second kappa shape index (κ2) is 5.84. The normalized spacial score (nSPS) is 18.3. The summed E-state index contributed by atoms with van der Waals surface area (Å²) in [5.74, 6) is 0.180. The lowest BCUT2D eigenvalue weighted by molar-refractivity contribution is 0.0663. The molecule has 2 aliphatic carbocycles. The minimum atomic E-state index is 0.180. The maximum atomic E-state index is 13.2. The number of carbonyl (C=O) groups is 1. The van der Waals surface area contributed by atoms with Crippen LogP contribution < -0.4 is 0 Å². The van der Waals surface area contributed by atoms with E-state index in [0.717, 1.165) is 42.6 Å². The fourth-order valence-electron chi connectivity index (χ4n) is 3.75. The van der Waals surface area contributed by atoms with Crippen LogP contribution in [0.3, 0.4) is 0 Å². The number of aromatic nitrogens is 2. The van der Waals surface area contributed by atoms with Gasteiger partial charge in [-0.25, -0.2) is 4.68 Å².